The number of pyridine rings is 1. The van der Waals surface area contributed by atoms with Gasteiger partial charge in [-0.15, -0.1) is 0 Å². The maximum Gasteiger partial charge on any atom is 0.276 e. The average molecular weight is 353 g/mol. The molecule has 1 amide bonds. The third-order valence-electron chi connectivity index (χ3n) is 4.56. The molecule has 7 nitrogen and oxygen atoms in total. The highest BCUT2D eigenvalue weighted by atomic mass is 16.5. The van der Waals surface area contributed by atoms with Crippen molar-refractivity contribution in [2.75, 3.05) is 20.3 Å². The van der Waals surface area contributed by atoms with E-state index in [9.17, 15) is 4.79 Å². The van der Waals surface area contributed by atoms with Gasteiger partial charge in [0.05, 0.1) is 12.6 Å². The molecule has 3 aromatic rings. The largest absolute Gasteiger partial charge is 0.485 e. The molecule has 0 unspecified atom stereocenters. The zero-order valence-corrected chi connectivity index (χ0v) is 14.4. The molecule has 7 heteroatoms. The number of benzene rings is 1. The normalized spacial score (nSPS) is 16.7. The minimum atomic E-state index is -0.174. The van der Waals surface area contributed by atoms with Gasteiger partial charge in [0.1, 0.15) is 12.4 Å². The van der Waals surface area contributed by atoms with Crippen LogP contribution in [-0.4, -0.2) is 47.3 Å². The van der Waals surface area contributed by atoms with Crippen LogP contribution in [0.2, 0.25) is 0 Å². The van der Waals surface area contributed by atoms with Gasteiger partial charge in [0.15, 0.2) is 11.5 Å². The van der Waals surface area contributed by atoms with Crippen LogP contribution in [0, 0.1) is 0 Å². The Balaban J connectivity index is 1.44. The van der Waals surface area contributed by atoms with Gasteiger partial charge >= 0.3 is 0 Å². The smallest absolute Gasteiger partial charge is 0.276 e. The van der Waals surface area contributed by atoms with E-state index in [1.165, 1.54) is 0 Å². The first-order valence-corrected chi connectivity index (χ1v) is 8.48. The van der Waals surface area contributed by atoms with Crippen LogP contribution in [0.4, 0.5) is 0 Å². The average Bonchev–Trinajstić information content (AvgIpc) is 3.37. The van der Waals surface area contributed by atoms with Gasteiger partial charge in [0.2, 0.25) is 0 Å². The van der Waals surface area contributed by atoms with Gasteiger partial charge in [-0.2, -0.15) is 0 Å². The standard InChI is InChI=1S/C19H19N3O4/c1-22(14-6-8-24-11-14)19(23)17-9-15(26-21-17)12-25-18-4-2-3-13-10-20-7-5-16(13)18/h2-5,7,9-10,14H,6,8,11-12H2,1H3/t14-/m0/s1. The fourth-order valence-corrected chi connectivity index (χ4v) is 3.02. The lowest BCUT2D eigenvalue weighted by molar-refractivity contribution is 0.0700. The molecule has 0 N–H and O–H groups in total. The van der Waals surface area contributed by atoms with E-state index in [-0.39, 0.29) is 24.2 Å². The summed E-state index contributed by atoms with van der Waals surface area (Å²) in [5.41, 5.74) is 0.278. The summed E-state index contributed by atoms with van der Waals surface area (Å²) in [6.07, 6.45) is 4.35. The van der Waals surface area contributed by atoms with Crippen molar-refractivity contribution in [3.8, 4) is 5.75 Å². The van der Waals surface area contributed by atoms with Crippen LogP contribution in [0.15, 0.2) is 47.2 Å². The lowest BCUT2D eigenvalue weighted by atomic mass is 10.1. The van der Waals surface area contributed by atoms with E-state index in [0.29, 0.717) is 19.0 Å². The molecule has 0 radical (unpaired) electrons. The van der Waals surface area contributed by atoms with Gasteiger partial charge in [-0.1, -0.05) is 17.3 Å². The summed E-state index contributed by atoms with van der Waals surface area (Å²) < 4.78 is 16.4. The zero-order chi connectivity index (χ0) is 17.9. The van der Waals surface area contributed by atoms with Gasteiger partial charge in [-0.3, -0.25) is 9.78 Å². The highest BCUT2D eigenvalue weighted by Gasteiger charge is 2.26. The first kappa shape index (κ1) is 16.5. The lowest BCUT2D eigenvalue weighted by Crippen LogP contribution is -2.37. The second-order valence-corrected chi connectivity index (χ2v) is 6.25. The first-order valence-electron chi connectivity index (χ1n) is 8.48. The second kappa shape index (κ2) is 7.13. The number of carbonyl (C=O) groups excluding carboxylic acids is 1. The number of carbonyl (C=O) groups is 1. The molecule has 0 saturated carbocycles. The van der Waals surface area contributed by atoms with Crippen molar-refractivity contribution in [2.24, 2.45) is 0 Å². The van der Waals surface area contributed by atoms with Crippen LogP contribution in [0.3, 0.4) is 0 Å². The molecule has 1 aliphatic heterocycles. The second-order valence-electron chi connectivity index (χ2n) is 6.25. The van der Waals surface area contributed by atoms with Crippen LogP contribution in [0.5, 0.6) is 5.75 Å². The minimum absolute atomic E-state index is 0.0863. The zero-order valence-electron chi connectivity index (χ0n) is 14.4. The maximum absolute atomic E-state index is 12.5. The predicted molar refractivity (Wildman–Crippen MR) is 93.9 cm³/mol. The number of hydrogen-bond acceptors (Lipinski definition) is 6. The fraction of sp³-hybridized carbons (Fsp3) is 0.316. The number of hydrogen-bond donors (Lipinski definition) is 0. The molecule has 1 aliphatic rings. The van der Waals surface area contributed by atoms with Crippen molar-refractivity contribution in [1.82, 2.24) is 15.0 Å². The van der Waals surface area contributed by atoms with E-state index in [1.807, 2.05) is 24.3 Å². The summed E-state index contributed by atoms with van der Waals surface area (Å²) in [6, 6.07) is 9.39. The Morgan fingerprint density at radius 1 is 1.38 bits per heavy atom. The van der Waals surface area contributed by atoms with Crippen LogP contribution in [0.1, 0.15) is 22.7 Å². The molecule has 134 valence electrons. The number of ether oxygens (including phenoxy) is 2. The summed E-state index contributed by atoms with van der Waals surface area (Å²) in [7, 11) is 1.76. The molecule has 1 aromatic carbocycles. The predicted octanol–water partition coefficient (Wildman–Crippen LogP) is 2.66. The van der Waals surface area contributed by atoms with E-state index < -0.39 is 0 Å². The Morgan fingerprint density at radius 2 is 2.31 bits per heavy atom. The summed E-state index contributed by atoms with van der Waals surface area (Å²) in [6.45, 7) is 1.44. The van der Waals surface area contributed by atoms with Crippen molar-refractivity contribution in [3.63, 3.8) is 0 Å². The summed E-state index contributed by atoms with van der Waals surface area (Å²) in [5.74, 6) is 1.05. The maximum atomic E-state index is 12.5. The number of likely N-dealkylation sites (N-methyl/N-ethyl adjacent to an activating group) is 1. The lowest BCUT2D eigenvalue weighted by Gasteiger charge is -2.21. The molecule has 2 aromatic heterocycles. The fourth-order valence-electron chi connectivity index (χ4n) is 3.02. The molecule has 26 heavy (non-hydrogen) atoms. The van der Waals surface area contributed by atoms with E-state index in [2.05, 4.69) is 10.1 Å². The molecule has 1 fully saturated rings. The van der Waals surface area contributed by atoms with Crippen molar-refractivity contribution in [2.45, 2.75) is 19.1 Å². The van der Waals surface area contributed by atoms with Gasteiger partial charge in [-0.25, -0.2) is 0 Å². The number of rotatable bonds is 5. The minimum Gasteiger partial charge on any atom is -0.485 e. The molecule has 1 atom stereocenters. The van der Waals surface area contributed by atoms with Crippen molar-refractivity contribution >= 4 is 16.7 Å². The Bertz CT molecular complexity index is 913. The highest BCUT2D eigenvalue weighted by Crippen LogP contribution is 2.25. The van der Waals surface area contributed by atoms with Gasteiger partial charge in [-0.05, 0) is 18.6 Å². The summed E-state index contributed by atoms with van der Waals surface area (Å²) >= 11 is 0. The van der Waals surface area contributed by atoms with E-state index >= 15 is 0 Å². The topological polar surface area (TPSA) is 77.7 Å². The monoisotopic (exact) mass is 353 g/mol. The molecule has 1 saturated heterocycles. The van der Waals surface area contributed by atoms with Crippen molar-refractivity contribution in [1.29, 1.82) is 0 Å². The van der Waals surface area contributed by atoms with Crippen LogP contribution < -0.4 is 4.74 Å². The third-order valence-corrected chi connectivity index (χ3v) is 4.56. The van der Waals surface area contributed by atoms with Crippen LogP contribution >= 0.6 is 0 Å². The van der Waals surface area contributed by atoms with Gasteiger partial charge in [0.25, 0.3) is 5.91 Å². The summed E-state index contributed by atoms with van der Waals surface area (Å²) in [5, 5.41) is 5.86. The van der Waals surface area contributed by atoms with Crippen molar-refractivity contribution in [3.05, 3.63) is 54.2 Å². The molecule has 0 spiro atoms. The van der Waals surface area contributed by atoms with Gasteiger partial charge in [0, 0.05) is 42.9 Å². The molecule has 4 rings (SSSR count). The highest BCUT2D eigenvalue weighted by molar-refractivity contribution is 5.92. The SMILES string of the molecule is CN(C(=O)c1cc(COc2cccc3cnccc23)on1)[C@H]1CCOC1. The summed E-state index contributed by atoms with van der Waals surface area (Å²) in [4.78, 5) is 18.3. The van der Waals surface area contributed by atoms with E-state index in [1.54, 1.807) is 30.4 Å². The Hall–Kier alpha value is -2.93. The van der Waals surface area contributed by atoms with E-state index in [0.717, 1.165) is 22.9 Å². The van der Waals surface area contributed by atoms with Crippen LogP contribution in [-0.2, 0) is 11.3 Å². The molecular weight excluding hydrogens is 334 g/mol. The molecule has 0 bridgehead atoms. The third kappa shape index (κ3) is 3.25. The number of fused-ring (bicyclic) bond motifs is 1. The number of aromatic nitrogens is 2. The first-order chi connectivity index (χ1) is 12.7. The molecule has 0 aliphatic carbocycles. The van der Waals surface area contributed by atoms with Gasteiger partial charge < -0.3 is 18.9 Å². The Morgan fingerprint density at radius 3 is 3.15 bits per heavy atom. The van der Waals surface area contributed by atoms with Crippen LogP contribution in [0.25, 0.3) is 10.8 Å². The van der Waals surface area contributed by atoms with Crippen molar-refractivity contribution < 1.29 is 18.8 Å². The van der Waals surface area contributed by atoms with E-state index in [4.69, 9.17) is 14.0 Å². The number of amides is 1. The molecule has 3 heterocycles. The Labute approximate surface area is 150 Å². The quantitative estimate of drug-likeness (QED) is 0.702. The number of nitrogens with zero attached hydrogens (tertiary/aromatic N) is 3. The Kier molecular flexibility index (Phi) is 4.53. The molecular formula is C19H19N3O4.